The molecule has 7 heteroatoms. The van der Waals surface area contributed by atoms with Gasteiger partial charge in [-0.1, -0.05) is 33.8 Å². The molecular weight excluding hydrogens is 450 g/mol. The van der Waals surface area contributed by atoms with Crippen LogP contribution in [0.4, 0.5) is 5.00 Å². The fourth-order valence-electron chi connectivity index (χ4n) is 4.18. The van der Waals surface area contributed by atoms with Crippen molar-refractivity contribution in [3.8, 4) is 11.5 Å². The highest BCUT2D eigenvalue weighted by Crippen LogP contribution is 2.44. The Labute approximate surface area is 206 Å². The molecule has 0 fully saturated rings. The summed E-state index contributed by atoms with van der Waals surface area (Å²) < 4.78 is 16.1. The van der Waals surface area contributed by atoms with Crippen molar-refractivity contribution in [1.82, 2.24) is 0 Å². The van der Waals surface area contributed by atoms with Gasteiger partial charge in [0, 0.05) is 11.0 Å². The van der Waals surface area contributed by atoms with Gasteiger partial charge in [0.15, 0.2) is 11.5 Å². The lowest BCUT2D eigenvalue weighted by atomic mass is 9.72. The van der Waals surface area contributed by atoms with E-state index in [0.29, 0.717) is 34.6 Å². The molecule has 0 saturated carbocycles. The summed E-state index contributed by atoms with van der Waals surface area (Å²) in [5, 5.41) is 3.47. The van der Waals surface area contributed by atoms with Crippen LogP contribution in [0.25, 0.3) is 6.08 Å². The van der Waals surface area contributed by atoms with E-state index in [1.54, 1.807) is 13.2 Å². The van der Waals surface area contributed by atoms with E-state index in [1.165, 1.54) is 29.4 Å². The van der Waals surface area contributed by atoms with Crippen molar-refractivity contribution >= 4 is 34.3 Å². The number of carbonyl (C=O) groups excluding carboxylic acids is 2. The molecule has 1 amide bonds. The number of hydrogen-bond donors (Lipinski definition) is 1. The summed E-state index contributed by atoms with van der Waals surface area (Å²) in [4.78, 5) is 26.5. The molecule has 184 valence electrons. The maximum absolute atomic E-state index is 12.7. The van der Waals surface area contributed by atoms with Crippen LogP contribution in [0.5, 0.6) is 11.5 Å². The zero-order valence-electron chi connectivity index (χ0n) is 20.9. The van der Waals surface area contributed by atoms with Crippen LogP contribution < -0.4 is 14.8 Å². The van der Waals surface area contributed by atoms with Gasteiger partial charge in [0.05, 0.1) is 26.4 Å². The second kappa shape index (κ2) is 11.1. The molecule has 1 aliphatic rings. The lowest BCUT2D eigenvalue weighted by Gasteiger charge is -2.33. The number of ether oxygens (including phenoxy) is 3. The van der Waals surface area contributed by atoms with E-state index in [2.05, 4.69) is 26.1 Å². The van der Waals surface area contributed by atoms with E-state index in [-0.39, 0.29) is 11.3 Å². The molecule has 1 heterocycles. The van der Waals surface area contributed by atoms with E-state index in [9.17, 15) is 9.59 Å². The molecule has 1 atom stereocenters. The van der Waals surface area contributed by atoms with Crippen molar-refractivity contribution < 1.29 is 23.8 Å². The standard InChI is InChI=1S/C27H35NO5S/c1-7-14-33-20-12-8-17(15-21(20)31-5)9-13-23(29)28-25-24(26(30)32-6)19-11-10-18(27(2,3)4)16-22(19)34-25/h8-9,12-13,15,18H,7,10-11,14,16H2,1-6H3,(H,28,29). The summed E-state index contributed by atoms with van der Waals surface area (Å²) in [7, 11) is 2.96. The molecule has 0 aliphatic heterocycles. The quantitative estimate of drug-likeness (QED) is 0.359. The minimum absolute atomic E-state index is 0.192. The zero-order valence-corrected chi connectivity index (χ0v) is 21.8. The van der Waals surface area contributed by atoms with E-state index >= 15 is 0 Å². The SMILES string of the molecule is CCCOc1ccc(C=CC(=O)Nc2sc3c(c2C(=O)OC)CCC(C(C)(C)C)C3)cc1OC. The fourth-order valence-corrected chi connectivity index (χ4v) is 5.49. The number of carbonyl (C=O) groups is 2. The minimum Gasteiger partial charge on any atom is -0.493 e. The van der Waals surface area contributed by atoms with Gasteiger partial charge in [-0.05, 0) is 66.4 Å². The summed E-state index contributed by atoms with van der Waals surface area (Å²) in [6, 6.07) is 5.53. The molecule has 1 N–H and O–H groups in total. The Morgan fingerprint density at radius 1 is 1.21 bits per heavy atom. The van der Waals surface area contributed by atoms with E-state index < -0.39 is 5.97 Å². The average molecular weight is 486 g/mol. The highest BCUT2D eigenvalue weighted by Gasteiger charge is 2.34. The predicted molar refractivity (Wildman–Crippen MR) is 137 cm³/mol. The van der Waals surface area contributed by atoms with Crippen LogP contribution in [0.2, 0.25) is 0 Å². The van der Waals surface area contributed by atoms with Gasteiger partial charge in [0.25, 0.3) is 0 Å². The third-order valence-electron chi connectivity index (χ3n) is 6.19. The first-order valence-electron chi connectivity index (χ1n) is 11.7. The highest BCUT2D eigenvalue weighted by atomic mass is 32.1. The van der Waals surface area contributed by atoms with Crippen molar-refractivity contribution in [3.05, 3.63) is 45.8 Å². The van der Waals surface area contributed by atoms with Crippen LogP contribution in [0.15, 0.2) is 24.3 Å². The largest absolute Gasteiger partial charge is 0.493 e. The maximum Gasteiger partial charge on any atom is 0.341 e. The van der Waals surface area contributed by atoms with Crippen LogP contribution in [0, 0.1) is 11.3 Å². The number of hydrogen-bond acceptors (Lipinski definition) is 6. The first-order chi connectivity index (χ1) is 16.2. The minimum atomic E-state index is -0.404. The third kappa shape index (κ3) is 6.00. The molecule has 0 spiro atoms. The molecule has 1 unspecified atom stereocenters. The zero-order chi connectivity index (χ0) is 24.9. The van der Waals surface area contributed by atoms with Crippen LogP contribution in [-0.4, -0.2) is 32.7 Å². The lowest BCUT2D eigenvalue weighted by Crippen LogP contribution is -2.26. The Morgan fingerprint density at radius 3 is 2.62 bits per heavy atom. The predicted octanol–water partition coefficient (Wildman–Crippen LogP) is 6.14. The topological polar surface area (TPSA) is 73.9 Å². The number of rotatable bonds is 8. The smallest absolute Gasteiger partial charge is 0.341 e. The number of thiophene rings is 1. The van der Waals surface area contributed by atoms with Gasteiger partial charge in [-0.3, -0.25) is 4.79 Å². The molecule has 2 aromatic rings. The monoisotopic (exact) mass is 485 g/mol. The summed E-state index contributed by atoms with van der Waals surface area (Å²) >= 11 is 1.49. The van der Waals surface area contributed by atoms with Crippen LogP contribution in [-0.2, 0) is 22.4 Å². The van der Waals surface area contributed by atoms with Crippen molar-refractivity contribution in [2.75, 3.05) is 26.1 Å². The summed E-state index contributed by atoms with van der Waals surface area (Å²) in [6.45, 7) is 9.41. The summed E-state index contributed by atoms with van der Waals surface area (Å²) in [5.41, 5.74) is 2.51. The Hall–Kier alpha value is -2.80. The second-order valence-electron chi connectivity index (χ2n) is 9.59. The van der Waals surface area contributed by atoms with Gasteiger partial charge in [0.2, 0.25) is 5.91 Å². The molecule has 6 nitrogen and oxygen atoms in total. The Balaban J connectivity index is 1.79. The molecule has 0 bridgehead atoms. The second-order valence-corrected chi connectivity index (χ2v) is 10.7. The molecule has 0 radical (unpaired) electrons. The number of methoxy groups -OCH3 is 2. The van der Waals surface area contributed by atoms with Crippen LogP contribution in [0.1, 0.15) is 66.9 Å². The van der Waals surface area contributed by atoms with Crippen molar-refractivity contribution in [2.24, 2.45) is 11.3 Å². The molecule has 1 aromatic heterocycles. The molecule has 0 saturated heterocycles. The number of amides is 1. The van der Waals surface area contributed by atoms with E-state index in [4.69, 9.17) is 14.2 Å². The number of nitrogens with one attached hydrogen (secondary N) is 1. The van der Waals surface area contributed by atoms with Crippen molar-refractivity contribution in [3.63, 3.8) is 0 Å². The van der Waals surface area contributed by atoms with E-state index in [1.807, 2.05) is 25.1 Å². The lowest BCUT2D eigenvalue weighted by molar-refractivity contribution is -0.111. The summed E-state index contributed by atoms with van der Waals surface area (Å²) in [5.74, 6) is 1.11. The number of benzene rings is 1. The number of fused-ring (bicyclic) bond motifs is 1. The average Bonchev–Trinajstić information content (AvgIpc) is 3.17. The van der Waals surface area contributed by atoms with Crippen molar-refractivity contribution in [2.45, 2.75) is 53.4 Å². The molecular formula is C27H35NO5S. The van der Waals surface area contributed by atoms with Gasteiger partial charge in [0.1, 0.15) is 5.00 Å². The molecule has 34 heavy (non-hydrogen) atoms. The number of anilines is 1. The number of esters is 1. The maximum atomic E-state index is 12.7. The molecule has 1 aliphatic carbocycles. The summed E-state index contributed by atoms with van der Waals surface area (Å²) in [6.07, 6.45) is 6.81. The van der Waals surface area contributed by atoms with Crippen molar-refractivity contribution in [1.29, 1.82) is 0 Å². The van der Waals surface area contributed by atoms with Gasteiger partial charge < -0.3 is 19.5 Å². The van der Waals surface area contributed by atoms with E-state index in [0.717, 1.165) is 36.8 Å². The Morgan fingerprint density at radius 2 is 1.97 bits per heavy atom. The first kappa shape index (κ1) is 25.8. The first-order valence-corrected chi connectivity index (χ1v) is 12.5. The van der Waals surface area contributed by atoms with Crippen LogP contribution >= 0.6 is 11.3 Å². The Kier molecular flexibility index (Phi) is 8.42. The third-order valence-corrected chi connectivity index (χ3v) is 7.36. The molecule has 1 aromatic carbocycles. The van der Waals surface area contributed by atoms with Gasteiger partial charge in [-0.2, -0.15) is 0 Å². The van der Waals surface area contributed by atoms with Gasteiger partial charge in [-0.15, -0.1) is 11.3 Å². The van der Waals surface area contributed by atoms with Gasteiger partial charge in [-0.25, -0.2) is 4.79 Å². The Bertz CT molecular complexity index is 1060. The highest BCUT2D eigenvalue weighted by molar-refractivity contribution is 7.17. The fraction of sp³-hybridized carbons (Fsp3) is 0.481. The normalized spacial score (nSPS) is 15.6. The van der Waals surface area contributed by atoms with Gasteiger partial charge >= 0.3 is 5.97 Å². The van der Waals surface area contributed by atoms with Crippen LogP contribution in [0.3, 0.4) is 0 Å². The molecule has 3 rings (SSSR count).